The van der Waals surface area contributed by atoms with Crippen molar-refractivity contribution >= 4 is 68.8 Å². The Kier molecular flexibility index (Phi) is 4.76. The molecule has 0 aliphatic rings. The van der Waals surface area contributed by atoms with Gasteiger partial charge in [-0.1, -0.05) is 52.5 Å². The maximum atomic E-state index is 11.6. The van der Waals surface area contributed by atoms with E-state index in [0.717, 1.165) is 21.2 Å². The Labute approximate surface area is 132 Å². The van der Waals surface area contributed by atoms with Crippen LogP contribution in [0.2, 0.25) is 13.7 Å². The van der Waals surface area contributed by atoms with Gasteiger partial charge in [0.15, 0.2) is 0 Å². The monoisotopic (exact) mass is 355 g/mol. The molecule has 0 saturated heterocycles. The van der Waals surface area contributed by atoms with Crippen molar-refractivity contribution in [2.45, 2.75) is 6.92 Å². The van der Waals surface area contributed by atoms with Crippen LogP contribution in [0.4, 0.5) is 11.4 Å². The Morgan fingerprint density at radius 2 is 1.74 bits per heavy atom. The van der Waals surface area contributed by atoms with Crippen molar-refractivity contribution in [2.75, 3.05) is 4.31 Å². The molecule has 1 unspecified atom stereocenters. The fourth-order valence-corrected chi connectivity index (χ4v) is 4.18. The number of hydrogen-bond donors (Lipinski definition) is 1. The summed E-state index contributed by atoms with van der Waals surface area (Å²) in [5.74, 6) is 0. The molecule has 2 rings (SSSR count). The van der Waals surface area contributed by atoms with E-state index in [9.17, 15) is 8.76 Å². The van der Waals surface area contributed by atoms with E-state index in [1.807, 2.05) is 19.1 Å². The third kappa shape index (κ3) is 3.07. The summed E-state index contributed by atoms with van der Waals surface area (Å²) in [5.41, 5.74) is 1.78. The fraction of sp³-hybridized carbons (Fsp3) is 0.0909. The van der Waals surface area contributed by atoms with Gasteiger partial charge in [0.1, 0.15) is 14.4 Å². The van der Waals surface area contributed by atoms with Crippen LogP contribution in [0.3, 0.4) is 0 Å². The van der Waals surface area contributed by atoms with Crippen molar-refractivity contribution in [3.8, 4) is 0 Å². The predicted octanol–water partition coefficient (Wildman–Crippen LogP) is 5.29. The summed E-state index contributed by atoms with van der Waals surface area (Å²) in [6.45, 7) is 1.92. The molecule has 1 heterocycles. The fourth-order valence-electron chi connectivity index (χ4n) is 1.50. The molecule has 0 aliphatic heterocycles. The van der Waals surface area contributed by atoms with Crippen molar-refractivity contribution in [1.29, 1.82) is 0 Å². The molecule has 1 N–H and O–H groups in total. The summed E-state index contributed by atoms with van der Waals surface area (Å²) in [6.07, 6.45) is 0. The molecule has 0 aliphatic carbocycles. The number of hydrogen-bond acceptors (Lipinski definition) is 2. The maximum absolute atomic E-state index is 11.6. The molecular formula is C11H8Cl3NO2S2. The van der Waals surface area contributed by atoms with Crippen molar-refractivity contribution in [3.05, 3.63) is 43.5 Å². The zero-order chi connectivity index (χ0) is 14.2. The summed E-state index contributed by atoms with van der Waals surface area (Å²) in [7, 11) is 0. The highest BCUT2D eigenvalue weighted by atomic mass is 35.5. The molecule has 0 fully saturated rings. The lowest BCUT2D eigenvalue weighted by atomic mass is 10.2. The highest BCUT2D eigenvalue weighted by molar-refractivity contribution is 7.81. The summed E-state index contributed by atoms with van der Waals surface area (Å²) in [4.78, 5) is 0. The molecule has 1 atom stereocenters. The molecule has 102 valence electrons. The lowest BCUT2D eigenvalue weighted by Crippen LogP contribution is -2.19. The van der Waals surface area contributed by atoms with Gasteiger partial charge in [-0.25, -0.2) is 8.51 Å². The number of aryl methyl sites for hydroxylation is 1. The number of anilines is 2. The minimum Gasteiger partial charge on any atom is -0.289 e. The molecule has 19 heavy (non-hydrogen) atoms. The van der Waals surface area contributed by atoms with Crippen LogP contribution in [0.1, 0.15) is 5.56 Å². The van der Waals surface area contributed by atoms with Gasteiger partial charge in [-0.2, -0.15) is 0 Å². The molecule has 3 nitrogen and oxygen atoms in total. The summed E-state index contributed by atoms with van der Waals surface area (Å²) in [6, 6.07) is 7.07. The third-order valence-electron chi connectivity index (χ3n) is 2.37. The zero-order valence-corrected chi connectivity index (χ0v) is 13.5. The molecule has 0 radical (unpaired) electrons. The summed E-state index contributed by atoms with van der Waals surface area (Å²) < 4.78 is 22.7. The largest absolute Gasteiger partial charge is 0.289 e. The summed E-state index contributed by atoms with van der Waals surface area (Å²) in [5, 5.41) is 0.166. The predicted molar refractivity (Wildman–Crippen MR) is 83.4 cm³/mol. The van der Waals surface area contributed by atoms with E-state index in [-0.39, 0.29) is 19.4 Å². The molecule has 2 aromatic rings. The Hall–Kier alpha value is -0.300. The quantitative estimate of drug-likeness (QED) is 0.759. The maximum Gasteiger partial charge on any atom is 0.266 e. The topological polar surface area (TPSA) is 40.5 Å². The lowest BCUT2D eigenvalue weighted by molar-refractivity contribution is 0.564. The van der Waals surface area contributed by atoms with Crippen molar-refractivity contribution < 1.29 is 8.76 Å². The van der Waals surface area contributed by atoms with E-state index in [0.29, 0.717) is 5.69 Å². The van der Waals surface area contributed by atoms with E-state index >= 15 is 0 Å². The molecule has 0 saturated carbocycles. The van der Waals surface area contributed by atoms with Crippen LogP contribution in [0.25, 0.3) is 0 Å². The molecular weight excluding hydrogens is 349 g/mol. The van der Waals surface area contributed by atoms with Crippen LogP contribution in [0.15, 0.2) is 24.3 Å². The Balaban J connectivity index is 2.58. The van der Waals surface area contributed by atoms with E-state index in [1.165, 1.54) is 0 Å². The van der Waals surface area contributed by atoms with Crippen LogP contribution in [-0.2, 0) is 11.3 Å². The lowest BCUT2D eigenvalue weighted by Gasteiger charge is -2.20. The highest BCUT2D eigenvalue weighted by Crippen LogP contribution is 2.48. The minimum absolute atomic E-state index is 0.166. The second kappa shape index (κ2) is 5.99. The number of halogens is 3. The first-order chi connectivity index (χ1) is 8.91. The van der Waals surface area contributed by atoms with Crippen LogP contribution in [0, 0.1) is 6.92 Å². The summed E-state index contributed by atoms with van der Waals surface area (Å²) >= 11 is 16.7. The molecule has 1 aromatic heterocycles. The Morgan fingerprint density at radius 1 is 1.16 bits per heavy atom. The van der Waals surface area contributed by atoms with Crippen LogP contribution in [0.5, 0.6) is 0 Å². The SMILES string of the molecule is Cc1ccc(N(c2c(Cl)sc(Cl)c2Cl)S(=O)O)cc1. The average molecular weight is 357 g/mol. The van der Waals surface area contributed by atoms with Gasteiger partial charge < -0.3 is 0 Å². The first-order valence-electron chi connectivity index (χ1n) is 5.03. The van der Waals surface area contributed by atoms with Crippen molar-refractivity contribution in [1.82, 2.24) is 0 Å². The van der Waals surface area contributed by atoms with Gasteiger partial charge in [-0.15, -0.1) is 11.3 Å². The number of benzene rings is 1. The third-order valence-corrected chi connectivity index (χ3v) is 5.24. The van der Waals surface area contributed by atoms with E-state index in [2.05, 4.69) is 0 Å². The van der Waals surface area contributed by atoms with Crippen molar-refractivity contribution in [3.63, 3.8) is 0 Å². The van der Waals surface area contributed by atoms with Gasteiger partial charge in [-0.05, 0) is 19.1 Å². The minimum atomic E-state index is -2.31. The van der Waals surface area contributed by atoms with E-state index in [1.54, 1.807) is 12.1 Å². The second-order valence-electron chi connectivity index (χ2n) is 3.67. The number of rotatable bonds is 3. The van der Waals surface area contributed by atoms with Gasteiger partial charge in [-0.3, -0.25) is 4.55 Å². The Bertz CT molecular complexity index is 628. The van der Waals surface area contributed by atoms with E-state index in [4.69, 9.17) is 34.8 Å². The first kappa shape index (κ1) is 15.1. The molecule has 1 aromatic carbocycles. The molecule has 8 heteroatoms. The highest BCUT2D eigenvalue weighted by Gasteiger charge is 2.25. The number of thiophene rings is 1. The standard InChI is InChI=1S/C11H8Cl3NO2S2/c1-6-2-4-7(5-3-6)15(19(16)17)9-8(12)10(13)18-11(9)14/h2-5H,1H3,(H,16,17). The molecule has 0 bridgehead atoms. The van der Waals surface area contributed by atoms with Crippen LogP contribution < -0.4 is 4.31 Å². The van der Waals surface area contributed by atoms with Gasteiger partial charge in [0.2, 0.25) is 0 Å². The molecule has 0 spiro atoms. The van der Waals surface area contributed by atoms with Crippen LogP contribution in [-0.4, -0.2) is 8.76 Å². The van der Waals surface area contributed by atoms with Crippen molar-refractivity contribution in [2.24, 2.45) is 0 Å². The van der Waals surface area contributed by atoms with Gasteiger partial charge in [0.05, 0.1) is 10.7 Å². The second-order valence-corrected chi connectivity index (χ2v) is 7.10. The average Bonchev–Trinajstić information content (AvgIpc) is 2.58. The molecule has 0 amide bonds. The zero-order valence-electron chi connectivity index (χ0n) is 9.56. The smallest absolute Gasteiger partial charge is 0.266 e. The van der Waals surface area contributed by atoms with Gasteiger partial charge >= 0.3 is 0 Å². The number of nitrogens with zero attached hydrogens (tertiary/aromatic N) is 1. The van der Waals surface area contributed by atoms with Gasteiger partial charge in [0, 0.05) is 0 Å². The Morgan fingerprint density at radius 3 is 2.16 bits per heavy atom. The normalized spacial score (nSPS) is 12.5. The van der Waals surface area contributed by atoms with Crippen LogP contribution >= 0.6 is 46.1 Å². The van der Waals surface area contributed by atoms with Gasteiger partial charge in [0.25, 0.3) is 11.3 Å². The first-order valence-corrected chi connectivity index (χ1v) is 8.04. The van der Waals surface area contributed by atoms with E-state index < -0.39 is 11.3 Å².